The lowest BCUT2D eigenvalue weighted by Crippen LogP contribution is -2.57. The Bertz CT molecular complexity index is 571. The number of carboxylic acids is 1. The molecule has 0 saturated carbocycles. The Hall–Kier alpha value is -1.81. The van der Waals surface area contributed by atoms with Crippen molar-refractivity contribution in [2.75, 3.05) is 12.0 Å². The molecule has 0 aliphatic rings. The van der Waals surface area contributed by atoms with Gasteiger partial charge in [-0.3, -0.25) is 14.4 Å². The van der Waals surface area contributed by atoms with Crippen LogP contribution >= 0.6 is 11.8 Å². The number of aliphatic carboxylic acids is 1. The fourth-order valence-electron chi connectivity index (χ4n) is 2.57. The van der Waals surface area contributed by atoms with Crippen LogP contribution in [0.15, 0.2) is 0 Å². The maximum Gasteiger partial charge on any atom is 0.326 e. The van der Waals surface area contributed by atoms with Crippen LogP contribution in [0.2, 0.25) is 0 Å². The van der Waals surface area contributed by atoms with Crippen molar-refractivity contribution in [3.63, 3.8) is 0 Å². The SMILES string of the molecule is CSCCC(NC(=O)C(N)CC(C)C)C(=O)NC(C)C(=O)NC(C(=O)O)C(C)C. The van der Waals surface area contributed by atoms with Gasteiger partial charge in [0.2, 0.25) is 17.7 Å². The van der Waals surface area contributed by atoms with Gasteiger partial charge >= 0.3 is 5.97 Å². The summed E-state index contributed by atoms with van der Waals surface area (Å²) in [7, 11) is 0. The van der Waals surface area contributed by atoms with Crippen LogP contribution in [0.1, 0.15) is 47.5 Å². The van der Waals surface area contributed by atoms with Crippen molar-refractivity contribution in [1.82, 2.24) is 16.0 Å². The molecule has 4 atom stereocenters. The Labute approximate surface area is 177 Å². The molecule has 0 heterocycles. The smallest absolute Gasteiger partial charge is 0.326 e. The van der Waals surface area contributed by atoms with Crippen LogP contribution < -0.4 is 21.7 Å². The molecule has 4 unspecified atom stereocenters. The Kier molecular flexibility index (Phi) is 12.6. The summed E-state index contributed by atoms with van der Waals surface area (Å²) < 4.78 is 0. The van der Waals surface area contributed by atoms with E-state index in [4.69, 9.17) is 5.73 Å². The quantitative estimate of drug-likeness (QED) is 0.281. The van der Waals surface area contributed by atoms with E-state index in [0.29, 0.717) is 18.6 Å². The second-order valence-corrected chi connectivity index (χ2v) is 8.86. The molecule has 0 aliphatic heterocycles. The van der Waals surface area contributed by atoms with E-state index in [1.807, 2.05) is 20.1 Å². The average Bonchev–Trinajstić information content (AvgIpc) is 2.61. The lowest BCUT2D eigenvalue weighted by molar-refractivity contribution is -0.143. The minimum Gasteiger partial charge on any atom is -0.480 e. The van der Waals surface area contributed by atoms with Gasteiger partial charge in [0.1, 0.15) is 18.1 Å². The third kappa shape index (κ3) is 10.5. The Morgan fingerprint density at radius 2 is 1.52 bits per heavy atom. The predicted octanol–water partition coefficient (Wildman–Crippen LogP) is 0.328. The number of hydrogen-bond donors (Lipinski definition) is 5. The fraction of sp³-hybridized carbons (Fsp3) is 0.789. The van der Waals surface area contributed by atoms with Gasteiger partial charge in [-0.05, 0) is 43.6 Å². The minimum absolute atomic E-state index is 0.237. The van der Waals surface area contributed by atoms with E-state index in [1.54, 1.807) is 13.8 Å². The molecule has 0 aliphatic carbocycles. The first-order chi connectivity index (χ1) is 13.4. The summed E-state index contributed by atoms with van der Waals surface area (Å²) in [4.78, 5) is 48.5. The van der Waals surface area contributed by atoms with Crippen LogP contribution in [0, 0.1) is 11.8 Å². The summed E-state index contributed by atoms with van der Waals surface area (Å²) in [6, 6.07) is -3.56. The molecule has 0 saturated heterocycles. The number of thioether (sulfide) groups is 1. The first-order valence-corrected chi connectivity index (χ1v) is 11.2. The highest BCUT2D eigenvalue weighted by Gasteiger charge is 2.29. The third-order valence-electron chi connectivity index (χ3n) is 4.29. The zero-order chi connectivity index (χ0) is 22.7. The van der Waals surface area contributed by atoms with E-state index in [2.05, 4.69) is 16.0 Å². The summed E-state index contributed by atoms with van der Waals surface area (Å²) >= 11 is 1.53. The maximum atomic E-state index is 12.6. The summed E-state index contributed by atoms with van der Waals surface area (Å²) in [6.45, 7) is 8.72. The number of amides is 3. The second kappa shape index (κ2) is 13.4. The number of carboxylic acid groups (broad SMARTS) is 1. The van der Waals surface area contributed by atoms with Crippen LogP contribution in [0.5, 0.6) is 0 Å². The topological polar surface area (TPSA) is 151 Å². The van der Waals surface area contributed by atoms with Crippen molar-refractivity contribution in [3.05, 3.63) is 0 Å². The highest BCUT2D eigenvalue weighted by atomic mass is 32.2. The molecule has 0 bridgehead atoms. The summed E-state index contributed by atoms with van der Waals surface area (Å²) in [5.41, 5.74) is 5.89. The van der Waals surface area contributed by atoms with Gasteiger partial charge in [0.15, 0.2) is 0 Å². The van der Waals surface area contributed by atoms with E-state index in [0.717, 1.165) is 0 Å². The largest absolute Gasteiger partial charge is 0.480 e. The van der Waals surface area contributed by atoms with Crippen molar-refractivity contribution in [2.24, 2.45) is 17.6 Å². The summed E-state index contributed by atoms with van der Waals surface area (Å²) in [6.07, 6.45) is 2.76. The predicted molar refractivity (Wildman–Crippen MR) is 114 cm³/mol. The zero-order valence-corrected chi connectivity index (χ0v) is 19.0. The van der Waals surface area contributed by atoms with Crippen molar-refractivity contribution in [2.45, 2.75) is 71.6 Å². The van der Waals surface area contributed by atoms with E-state index in [9.17, 15) is 24.3 Å². The molecule has 0 aromatic rings. The number of nitrogens with one attached hydrogen (secondary N) is 3. The standard InChI is InChI=1S/C19H36N4O5S/c1-10(2)9-13(20)17(25)22-14(7-8-29-6)18(26)21-12(5)16(24)23-15(11(3)4)19(27)28/h10-15H,7-9,20H2,1-6H3,(H,21,26)(H,22,25)(H,23,24)(H,27,28). The third-order valence-corrected chi connectivity index (χ3v) is 4.93. The van der Waals surface area contributed by atoms with Crippen molar-refractivity contribution < 1.29 is 24.3 Å². The van der Waals surface area contributed by atoms with Gasteiger partial charge in [-0.15, -0.1) is 0 Å². The van der Waals surface area contributed by atoms with Gasteiger partial charge in [0, 0.05) is 0 Å². The van der Waals surface area contributed by atoms with Crippen LogP contribution in [0.3, 0.4) is 0 Å². The first-order valence-electron chi connectivity index (χ1n) is 9.79. The Morgan fingerprint density at radius 1 is 0.931 bits per heavy atom. The molecule has 10 heteroatoms. The molecule has 9 nitrogen and oxygen atoms in total. The molecular formula is C19H36N4O5S. The molecule has 6 N–H and O–H groups in total. The number of rotatable bonds is 13. The van der Waals surface area contributed by atoms with Gasteiger partial charge < -0.3 is 26.8 Å². The normalized spacial score (nSPS) is 15.3. The molecule has 0 fully saturated rings. The maximum absolute atomic E-state index is 12.6. The first kappa shape index (κ1) is 27.2. The number of carbonyl (C=O) groups is 4. The van der Waals surface area contributed by atoms with Crippen molar-refractivity contribution in [1.29, 1.82) is 0 Å². The highest BCUT2D eigenvalue weighted by Crippen LogP contribution is 2.06. The Morgan fingerprint density at radius 3 is 1.97 bits per heavy atom. The van der Waals surface area contributed by atoms with Crippen LogP contribution in [-0.4, -0.2) is 65.0 Å². The summed E-state index contributed by atoms with van der Waals surface area (Å²) in [5, 5.41) is 16.8. The molecule has 168 valence electrons. The minimum atomic E-state index is -1.14. The number of hydrogen-bond acceptors (Lipinski definition) is 6. The molecule has 29 heavy (non-hydrogen) atoms. The van der Waals surface area contributed by atoms with E-state index < -0.39 is 47.9 Å². The number of nitrogens with two attached hydrogens (primary N) is 1. The lowest BCUT2D eigenvalue weighted by atomic mass is 10.0. The van der Waals surface area contributed by atoms with Gasteiger partial charge in [-0.2, -0.15) is 11.8 Å². The van der Waals surface area contributed by atoms with E-state index in [1.165, 1.54) is 18.7 Å². The lowest BCUT2D eigenvalue weighted by Gasteiger charge is -2.24. The zero-order valence-electron chi connectivity index (χ0n) is 18.2. The molecule has 0 rings (SSSR count). The fourth-order valence-corrected chi connectivity index (χ4v) is 3.04. The average molecular weight is 433 g/mol. The monoisotopic (exact) mass is 432 g/mol. The van der Waals surface area contributed by atoms with Gasteiger partial charge in [0.25, 0.3) is 0 Å². The van der Waals surface area contributed by atoms with Crippen molar-refractivity contribution >= 4 is 35.5 Å². The van der Waals surface area contributed by atoms with E-state index in [-0.39, 0.29) is 11.8 Å². The molecule has 3 amide bonds. The second-order valence-electron chi connectivity index (χ2n) is 7.88. The molecule has 0 aromatic carbocycles. The van der Waals surface area contributed by atoms with Crippen molar-refractivity contribution in [3.8, 4) is 0 Å². The molecule has 0 spiro atoms. The molecular weight excluding hydrogens is 396 g/mol. The molecule has 0 radical (unpaired) electrons. The van der Waals surface area contributed by atoms with Gasteiger partial charge in [-0.1, -0.05) is 27.7 Å². The van der Waals surface area contributed by atoms with Crippen LogP contribution in [0.4, 0.5) is 0 Å². The van der Waals surface area contributed by atoms with E-state index >= 15 is 0 Å². The van der Waals surface area contributed by atoms with Crippen LogP contribution in [0.25, 0.3) is 0 Å². The molecule has 0 aromatic heterocycles. The van der Waals surface area contributed by atoms with Gasteiger partial charge in [-0.25, -0.2) is 4.79 Å². The summed E-state index contributed by atoms with van der Waals surface area (Å²) in [5.74, 6) is -2.11. The van der Waals surface area contributed by atoms with Crippen LogP contribution in [-0.2, 0) is 19.2 Å². The highest BCUT2D eigenvalue weighted by molar-refractivity contribution is 7.98. The number of carbonyl (C=O) groups excluding carboxylic acids is 3. The Balaban J connectivity index is 5.00. The van der Waals surface area contributed by atoms with Gasteiger partial charge in [0.05, 0.1) is 6.04 Å².